The van der Waals surface area contributed by atoms with Gasteiger partial charge in [-0.3, -0.25) is 14.8 Å². The summed E-state index contributed by atoms with van der Waals surface area (Å²) in [5, 5.41) is 9.67. The van der Waals surface area contributed by atoms with Gasteiger partial charge < -0.3 is 20.1 Å². The van der Waals surface area contributed by atoms with Crippen LogP contribution in [0.2, 0.25) is 0 Å². The molecular weight excluding hydrogens is 412 g/mol. The summed E-state index contributed by atoms with van der Waals surface area (Å²) < 4.78 is 11.3. The Morgan fingerprint density at radius 2 is 2.00 bits per heavy atom. The fourth-order valence-corrected chi connectivity index (χ4v) is 3.88. The van der Waals surface area contributed by atoms with E-state index in [-0.39, 0.29) is 12.5 Å². The maximum absolute atomic E-state index is 12.7. The maximum atomic E-state index is 12.7. The third-order valence-electron chi connectivity index (χ3n) is 5.66. The molecule has 2 heterocycles. The summed E-state index contributed by atoms with van der Waals surface area (Å²) >= 11 is 0. The molecule has 9 nitrogen and oxygen atoms in total. The molecule has 1 aromatic heterocycles. The van der Waals surface area contributed by atoms with Gasteiger partial charge in [-0.25, -0.2) is 10.5 Å². The van der Waals surface area contributed by atoms with Crippen molar-refractivity contribution in [2.24, 2.45) is 5.73 Å². The molecule has 0 spiro atoms. The smallest absolute Gasteiger partial charge is 0.262 e. The quantitative estimate of drug-likeness (QED) is 0.380. The first-order valence-corrected chi connectivity index (χ1v) is 10.1. The molecule has 0 aliphatic carbocycles. The molecule has 1 aliphatic rings. The number of likely N-dealkylation sites (tertiary alicyclic amines) is 1. The summed E-state index contributed by atoms with van der Waals surface area (Å²) in [5.74, 6) is 0.123. The first kappa shape index (κ1) is 21.5. The van der Waals surface area contributed by atoms with Crippen LogP contribution in [0.1, 0.15) is 17.5 Å². The van der Waals surface area contributed by atoms with E-state index in [1.54, 1.807) is 31.4 Å². The number of nitrogens with zero attached hydrogens (tertiary/aromatic N) is 2. The number of fused-ring (bicyclic) bond motifs is 1. The Labute approximate surface area is 184 Å². The molecule has 2 aromatic carbocycles. The number of hydroxylamine groups is 1. The van der Waals surface area contributed by atoms with Crippen molar-refractivity contribution in [3.8, 4) is 11.6 Å². The Hall–Kier alpha value is -3.69. The Balaban J connectivity index is 1.48. The second kappa shape index (κ2) is 8.81. The van der Waals surface area contributed by atoms with Crippen LogP contribution in [0.15, 0.2) is 54.6 Å². The lowest BCUT2D eigenvalue weighted by Gasteiger charge is -2.23. The standard InChI is InChI=1S/C23H24N4O5/c1-31-21-12-15(18-4-2-3-5-19(18)25-21)14-32-17-8-6-16(7-9-17)23(24)10-11-27(22(23)29)13-20(28)26-30/h2-9,12,30H,10-11,13-14,24H2,1H3,(H,26,28). The molecule has 166 valence electrons. The zero-order valence-corrected chi connectivity index (χ0v) is 17.6. The fourth-order valence-electron chi connectivity index (χ4n) is 3.88. The molecule has 1 fully saturated rings. The molecule has 4 rings (SSSR count). The van der Waals surface area contributed by atoms with Crippen LogP contribution in [-0.4, -0.2) is 47.1 Å². The van der Waals surface area contributed by atoms with Gasteiger partial charge in [-0.2, -0.15) is 0 Å². The highest BCUT2D eigenvalue weighted by molar-refractivity contribution is 5.92. The number of pyridine rings is 1. The Bertz CT molecular complexity index is 1150. The lowest BCUT2D eigenvalue weighted by molar-refractivity contribution is -0.139. The highest BCUT2D eigenvalue weighted by Crippen LogP contribution is 2.32. The third-order valence-corrected chi connectivity index (χ3v) is 5.66. The molecule has 2 amide bonds. The minimum atomic E-state index is -1.22. The lowest BCUT2D eigenvalue weighted by atomic mass is 9.89. The average Bonchev–Trinajstić information content (AvgIpc) is 3.12. The van der Waals surface area contributed by atoms with E-state index in [4.69, 9.17) is 20.4 Å². The minimum absolute atomic E-state index is 0.237. The largest absolute Gasteiger partial charge is 0.489 e. The van der Waals surface area contributed by atoms with Gasteiger partial charge in [0.1, 0.15) is 24.4 Å². The first-order valence-electron chi connectivity index (χ1n) is 10.1. The van der Waals surface area contributed by atoms with Gasteiger partial charge in [0, 0.05) is 23.6 Å². The number of hydrogen-bond acceptors (Lipinski definition) is 7. The van der Waals surface area contributed by atoms with Crippen LogP contribution in [0.5, 0.6) is 11.6 Å². The molecule has 1 atom stereocenters. The number of benzene rings is 2. The number of carbonyl (C=O) groups is 2. The molecule has 1 aliphatic heterocycles. The van der Waals surface area contributed by atoms with Crippen molar-refractivity contribution >= 4 is 22.7 Å². The highest BCUT2D eigenvalue weighted by atomic mass is 16.5. The van der Waals surface area contributed by atoms with Crippen LogP contribution in [-0.2, 0) is 21.7 Å². The summed E-state index contributed by atoms with van der Waals surface area (Å²) in [7, 11) is 1.57. The molecule has 9 heteroatoms. The van der Waals surface area contributed by atoms with Crippen molar-refractivity contribution in [3.63, 3.8) is 0 Å². The van der Waals surface area contributed by atoms with E-state index < -0.39 is 11.4 Å². The lowest BCUT2D eigenvalue weighted by Crippen LogP contribution is -2.47. The average molecular weight is 436 g/mol. The second-order valence-corrected chi connectivity index (χ2v) is 7.64. The highest BCUT2D eigenvalue weighted by Gasteiger charge is 2.45. The Kier molecular flexibility index (Phi) is 5.93. The summed E-state index contributed by atoms with van der Waals surface area (Å²) in [6.45, 7) is 0.409. The van der Waals surface area contributed by atoms with Crippen LogP contribution in [0, 0.1) is 0 Å². The van der Waals surface area contributed by atoms with Gasteiger partial charge in [-0.1, -0.05) is 30.3 Å². The molecule has 4 N–H and O–H groups in total. The van der Waals surface area contributed by atoms with Crippen molar-refractivity contribution in [3.05, 3.63) is 65.7 Å². The molecule has 0 saturated carbocycles. The number of amides is 2. The van der Waals surface area contributed by atoms with E-state index in [2.05, 4.69) is 4.98 Å². The Morgan fingerprint density at radius 1 is 1.25 bits per heavy atom. The number of nitrogens with one attached hydrogen (secondary N) is 1. The second-order valence-electron chi connectivity index (χ2n) is 7.64. The van der Waals surface area contributed by atoms with Gasteiger partial charge in [0.2, 0.25) is 11.8 Å². The number of nitrogens with two attached hydrogens (primary N) is 1. The third kappa shape index (κ3) is 4.08. The summed E-state index contributed by atoms with van der Waals surface area (Å²) in [4.78, 5) is 29.9. The zero-order chi connectivity index (χ0) is 22.7. The van der Waals surface area contributed by atoms with Gasteiger partial charge in [0.05, 0.1) is 12.6 Å². The van der Waals surface area contributed by atoms with Crippen molar-refractivity contribution in [1.82, 2.24) is 15.4 Å². The minimum Gasteiger partial charge on any atom is -0.489 e. The summed E-state index contributed by atoms with van der Waals surface area (Å²) in [6, 6.07) is 16.7. The van der Waals surface area contributed by atoms with Crippen LogP contribution >= 0.6 is 0 Å². The fraction of sp³-hybridized carbons (Fsp3) is 0.261. The molecule has 0 bridgehead atoms. The monoisotopic (exact) mass is 436 g/mol. The summed E-state index contributed by atoms with van der Waals surface area (Å²) in [6.07, 6.45) is 0.369. The first-order chi connectivity index (χ1) is 15.4. The van der Waals surface area contributed by atoms with Gasteiger partial charge in [-0.05, 0) is 30.2 Å². The van der Waals surface area contributed by atoms with E-state index in [1.807, 2.05) is 30.3 Å². The normalized spacial score (nSPS) is 18.1. The van der Waals surface area contributed by atoms with E-state index in [1.165, 1.54) is 10.4 Å². The Morgan fingerprint density at radius 3 is 2.72 bits per heavy atom. The number of ether oxygens (including phenoxy) is 2. The molecule has 32 heavy (non-hydrogen) atoms. The van der Waals surface area contributed by atoms with Crippen molar-refractivity contribution in [1.29, 1.82) is 0 Å². The van der Waals surface area contributed by atoms with Crippen LogP contribution < -0.4 is 20.7 Å². The van der Waals surface area contributed by atoms with Crippen molar-refractivity contribution < 1.29 is 24.3 Å². The predicted octanol–water partition coefficient (Wildman–Crippen LogP) is 1.71. The van der Waals surface area contributed by atoms with Crippen LogP contribution in [0.4, 0.5) is 0 Å². The zero-order valence-electron chi connectivity index (χ0n) is 17.6. The maximum Gasteiger partial charge on any atom is 0.262 e. The number of hydrogen-bond donors (Lipinski definition) is 3. The van der Waals surface area contributed by atoms with E-state index in [0.29, 0.717) is 36.8 Å². The SMILES string of the molecule is COc1cc(COc2ccc(C3(N)CCN(CC(=O)NO)C3=O)cc2)c2ccccc2n1. The van der Waals surface area contributed by atoms with E-state index in [9.17, 15) is 9.59 Å². The van der Waals surface area contributed by atoms with Gasteiger partial charge in [-0.15, -0.1) is 0 Å². The summed E-state index contributed by atoms with van der Waals surface area (Å²) in [5.41, 5.74) is 9.11. The predicted molar refractivity (Wildman–Crippen MR) is 116 cm³/mol. The number of rotatable bonds is 7. The van der Waals surface area contributed by atoms with Crippen molar-refractivity contribution in [2.75, 3.05) is 20.2 Å². The molecular formula is C23H24N4O5. The topological polar surface area (TPSA) is 127 Å². The number of methoxy groups -OCH3 is 1. The number of aromatic nitrogens is 1. The number of para-hydroxylation sites is 1. The van der Waals surface area contributed by atoms with Gasteiger partial charge >= 0.3 is 0 Å². The van der Waals surface area contributed by atoms with Crippen molar-refractivity contribution in [2.45, 2.75) is 18.6 Å². The van der Waals surface area contributed by atoms with Gasteiger partial charge in [0.25, 0.3) is 5.91 Å². The van der Waals surface area contributed by atoms with Crippen LogP contribution in [0.25, 0.3) is 10.9 Å². The molecule has 0 radical (unpaired) electrons. The number of carbonyl (C=O) groups excluding carboxylic acids is 2. The van der Waals surface area contributed by atoms with E-state index >= 15 is 0 Å². The molecule has 3 aromatic rings. The molecule has 1 saturated heterocycles. The van der Waals surface area contributed by atoms with E-state index in [0.717, 1.165) is 16.5 Å². The van der Waals surface area contributed by atoms with Crippen LogP contribution in [0.3, 0.4) is 0 Å². The van der Waals surface area contributed by atoms with Gasteiger partial charge in [0.15, 0.2) is 0 Å². The molecule has 1 unspecified atom stereocenters.